The second-order valence-corrected chi connectivity index (χ2v) is 7.87. The Morgan fingerprint density at radius 2 is 1.86 bits per heavy atom. The molecule has 2 aliphatic rings. The number of carbonyl (C=O) groups is 4. The van der Waals surface area contributed by atoms with Crippen LogP contribution in [0.1, 0.15) is 51.0 Å². The van der Waals surface area contributed by atoms with Crippen molar-refractivity contribution in [2.45, 2.75) is 57.4 Å². The predicted octanol–water partition coefficient (Wildman–Crippen LogP) is 2.08. The molecule has 0 unspecified atom stereocenters. The Bertz CT molecular complexity index is 776. The Morgan fingerprint density at radius 3 is 2.55 bits per heavy atom. The third-order valence-corrected chi connectivity index (χ3v) is 5.54. The summed E-state index contributed by atoms with van der Waals surface area (Å²) in [6.45, 7) is 1.11. The van der Waals surface area contributed by atoms with Crippen LogP contribution >= 0.6 is 0 Å². The highest BCUT2D eigenvalue weighted by Crippen LogP contribution is 2.25. The van der Waals surface area contributed by atoms with E-state index in [2.05, 4.69) is 10.7 Å². The molecule has 1 aromatic rings. The molecule has 1 atom stereocenters. The molecule has 0 bridgehead atoms. The van der Waals surface area contributed by atoms with Gasteiger partial charge in [-0.15, -0.1) is 0 Å². The Balaban J connectivity index is 1.49. The summed E-state index contributed by atoms with van der Waals surface area (Å²) in [6.07, 6.45) is 5.61. The first-order chi connectivity index (χ1) is 13.9. The van der Waals surface area contributed by atoms with Crippen molar-refractivity contribution < 1.29 is 23.9 Å². The molecule has 1 saturated heterocycles. The minimum atomic E-state index is -1.11. The lowest BCUT2D eigenvalue weighted by atomic mass is 9.89. The van der Waals surface area contributed by atoms with Crippen LogP contribution in [0.25, 0.3) is 0 Å². The molecule has 1 aliphatic carbocycles. The fourth-order valence-corrected chi connectivity index (χ4v) is 3.74. The molecule has 2 N–H and O–H groups in total. The van der Waals surface area contributed by atoms with E-state index >= 15 is 0 Å². The topological polar surface area (TPSA) is 105 Å². The molecule has 1 aliphatic heterocycles. The van der Waals surface area contributed by atoms with Crippen molar-refractivity contribution in [3.05, 3.63) is 35.9 Å². The monoisotopic (exact) mass is 401 g/mol. The third kappa shape index (κ3) is 5.13. The summed E-state index contributed by atoms with van der Waals surface area (Å²) in [5.74, 6) is -1.82. The summed E-state index contributed by atoms with van der Waals surface area (Å²) in [5, 5.41) is 3.31. The van der Waals surface area contributed by atoms with E-state index in [1.54, 1.807) is 6.92 Å². The van der Waals surface area contributed by atoms with Crippen LogP contribution in [0.2, 0.25) is 0 Å². The lowest BCUT2D eigenvalue weighted by Crippen LogP contribution is -2.50. The Hall–Kier alpha value is -2.90. The smallest absolute Gasteiger partial charge is 0.344 e. The average Bonchev–Trinajstić information content (AvgIpc) is 2.95. The van der Waals surface area contributed by atoms with Crippen molar-refractivity contribution in [3.63, 3.8) is 0 Å². The van der Waals surface area contributed by atoms with Gasteiger partial charge < -0.3 is 10.1 Å². The standard InChI is InChI=1S/C21H27N3O5/c1-21(13-12-15-8-4-2-5-9-15)19(27)24(20(28)22-21)23-17(25)14-29-18(26)16-10-6-3-7-11-16/h2,4-5,8-9,16H,3,6-7,10-14H2,1H3,(H,22,28)(H,23,25)/t21-/m0/s1. The Kier molecular flexibility index (Phi) is 6.51. The van der Waals surface area contributed by atoms with Crippen molar-refractivity contribution in [2.24, 2.45) is 5.92 Å². The van der Waals surface area contributed by atoms with Gasteiger partial charge >= 0.3 is 12.0 Å². The number of nitrogens with zero attached hydrogens (tertiary/aromatic N) is 1. The number of nitrogens with one attached hydrogen (secondary N) is 2. The zero-order valence-corrected chi connectivity index (χ0v) is 16.6. The second-order valence-electron chi connectivity index (χ2n) is 7.87. The highest BCUT2D eigenvalue weighted by molar-refractivity contribution is 6.07. The number of amides is 4. The molecule has 4 amide bonds. The van der Waals surface area contributed by atoms with Crippen molar-refractivity contribution in [2.75, 3.05) is 6.61 Å². The molecule has 29 heavy (non-hydrogen) atoms. The van der Waals surface area contributed by atoms with Gasteiger partial charge in [0.2, 0.25) is 0 Å². The summed E-state index contributed by atoms with van der Waals surface area (Å²) in [5.41, 5.74) is 2.18. The van der Waals surface area contributed by atoms with Gasteiger partial charge in [-0.05, 0) is 38.2 Å². The number of ether oxygens (including phenoxy) is 1. The van der Waals surface area contributed by atoms with E-state index in [0.717, 1.165) is 37.7 Å². The summed E-state index contributed by atoms with van der Waals surface area (Å²) in [6, 6.07) is 8.93. The van der Waals surface area contributed by atoms with Crippen LogP contribution in [-0.4, -0.2) is 41.0 Å². The second kappa shape index (κ2) is 9.07. The van der Waals surface area contributed by atoms with Gasteiger partial charge in [0.25, 0.3) is 11.8 Å². The highest BCUT2D eigenvalue weighted by atomic mass is 16.5. The summed E-state index contributed by atoms with van der Waals surface area (Å²) < 4.78 is 5.06. The van der Waals surface area contributed by atoms with E-state index in [4.69, 9.17) is 4.74 Å². The van der Waals surface area contributed by atoms with Gasteiger partial charge in [-0.25, -0.2) is 4.79 Å². The maximum Gasteiger partial charge on any atom is 0.344 e. The predicted molar refractivity (Wildman–Crippen MR) is 104 cm³/mol. The van der Waals surface area contributed by atoms with Gasteiger partial charge in [-0.2, -0.15) is 5.01 Å². The number of hydrogen-bond donors (Lipinski definition) is 2. The van der Waals surface area contributed by atoms with Crippen LogP contribution in [0.4, 0.5) is 4.79 Å². The summed E-state index contributed by atoms with van der Waals surface area (Å²) in [7, 11) is 0. The maximum absolute atomic E-state index is 12.7. The molecule has 3 rings (SSSR count). The number of carbonyl (C=O) groups excluding carboxylic acids is 4. The molecular weight excluding hydrogens is 374 g/mol. The lowest BCUT2D eigenvalue weighted by Gasteiger charge is -2.22. The van der Waals surface area contributed by atoms with E-state index in [9.17, 15) is 19.2 Å². The van der Waals surface area contributed by atoms with Gasteiger partial charge in [0.15, 0.2) is 6.61 Å². The molecule has 8 nitrogen and oxygen atoms in total. The van der Waals surface area contributed by atoms with Crippen LogP contribution in [0.3, 0.4) is 0 Å². The first-order valence-electron chi connectivity index (χ1n) is 10.1. The zero-order valence-electron chi connectivity index (χ0n) is 16.6. The highest BCUT2D eigenvalue weighted by Gasteiger charge is 2.48. The van der Waals surface area contributed by atoms with Crippen molar-refractivity contribution in [1.82, 2.24) is 15.8 Å². The van der Waals surface area contributed by atoms with Crippen molar-refractivity contribution in [1.29, 1.82) is 0 Å². The minimum absolute atomic E-state index is 0.172. The van der Waals surface area contributed by atoms with Gasteiger partial charge in [-0.3, -0.25) is 19.8 Å². The quantitative estimate of drug-likeness (QED) is 0.538. The van der Waals surface area contributed by atoms with Crippen LogP contribution in [0, 0.1) is 5.92 Å². The Labute approximate surface area is 169 Å². The normalized spacial score (nSPS) is 22.3. The molecule has 8 heteroatoms. The largest absolute Gasteiger partial charge is 0.455 e. The third-order valence-electron chi connectivity index (χ3n) is 5.54. The van der Waals surface area contributed by atoms with Crippen molar-refractivity contribution >= 4 is 23.8 Å². The zero-order chi connectivity index (χ0) is 20.9. The van der Waals surface area contributed by atoms with Crippen LogP contribution < -0.4 is 10.7 Å². The van der Waals surface area contributed by atoms with Crippen LogP contribution in [0.5, 0.6) is 0 Å². The van der Waals surface area contributed by atoms with E-state index in [1.165, 1.54) is 0 Å². The molecule has 0 radical (unpaired) electrons. The Morgan fingerprint density at radius 1 is 1.17 bits per heavy atom. The first-order valence-corrected chi connectivity index (χ1v) is 10.1. The molecule has 156 valence electrons. The number of rotatable bonds is 7. The first kappa shape index (κ1) is 20.8. The SMILES string of the molecule is C[C@@]1(CCc2ccccc2)NC(=O)N(NC(=O)COC(=O)C2CCCCC2)C1=O. The van der Waals surface area contributed by atoms with Gasteiger partial charge in [0.05, 0.1) is 5.92 Å². The van der Waals surface area contributed by atoms with E-state index in [0.29, 0.717) is 17.9 Å². The van der Waals surface area contributed by atoms with E-state index in [-0.39, 0.29) is 5.92 Å². The van der Waals surface area contributed by atoms with Crippen LogP contribution in [0.15, 0.2) is 30.3 Å². The number of esters is 1. The fraction of sp³-hybridized carbons (Fsp3) is 0.524. The minimum Gasteiger partial charge on any atom is -0.455 e. The average molecular weight is 401 g/mol. The molecule has 0 aromatic heterocycles. The van der Waals surface area contributed by atoms with E-state index < -0.39 is 36.0 Å². The number of hydrazine groups is 1. The lowest BCUT2D eigenvalue weighted by molar-refractivity contribution is -0.155. The van der Waals surface area contributed by atoms with Gasteiger partial charge in [0, 0.05) is 0 Å². The molecule has 1 heterocycles. The maximum atomic E-state index is 12.7. The van der Waals surface area contributed by atoms with E-state index in [1.807, 2.05) is 30.3 Å². The van der Waals surface area contributed by atoms with Gasteiger partial charge in [-0.1, -0.05) is 49.6 Å². The molecule has 2 fully saturated rings. The van der Waals surface area contributed by atoms with Crippen molar-refractivity contribution in [3.8, 4) is 0 Å². The number of hydrogen-bond acceptors (Lipinski definition) is 5. The molecular formula is C21H27N3O5. The summed E-state index contributed by atoms with van der Waals surface area (Å²) in [4.78, 5) is 49.0. The number of aryl methyl sites for hydroxylation is 1. The van der Waals surface area contributed by atoms with Crippen LogP contribution in [-0.2, 0) is 25.5 Å². The number of imide groups is 1. The molecule has 1 aromatic carbocycles. The summed E-state index contributed by atoms with van der Waals surface area (Å²) >= 11 is 0. The van der Waals surface area contributed by atoms with Gasteiger partial charge in [0.1, 0.15) is 5.54 Å². The number of urea groups is 1. The molecule has 0 spiro atoms. The fourth-order valence-electron chi connectivity index (χ4n) is 3.74. The molecule has 1 saturated carbocycles. The number of benzene rings is 1.